The Balaban J connectivity index is 0.00000200. The number of halogens is 1. The van der Waals surface area contributed by atoms with Crippen LogP contribution in [0.15, 0.2) is 24.3 Å². The molecule has 0 aliphatic carbocycles. The van der Waals surface area contributed by atoms with Crippen LogP contribution in [0, 0.1) is 12.8 Å². The molecule has 2 N–H and O–H groups in total. The zero-order valence-electron chi connectivity index (χ0n) is 12.0. The Hall–Kier alpha value is -1.26. The summed E-state index contributed by atoms with van der Waals surface area (Å²) in [6, 6.07) is 7.78. The number of carbonyl (C=O) groups is 1. The number of ether oxygens (including phenoxy) is 1. The maximum Gasteiger partial charge on any atom is 0.261 e. The van der Waals surface area contributed by atoms with E-state index < -0.39 is 6.10 Å². The van der Waals surface area contributed by atoms with Gasteiger partial charge in [0.2, 0.25) is 0 Å². The van der Waals surface area contributed by atoms with Gasteiger partial charge in [-0.1, -0.05) is 25.1 Å². The molecule has 0 spiro atoms. The number of carbonyl (C=O) groups excluding carboxylic acids is 1. The molecule has 112 valence electrons. The van der Waals surface area contributed by atoms with E-state index in [-0.39, 0.29) is 18.3 Å². The molecule has 0 bridgehead atoms. The maximum atomic E-state index is 12.1. The van der Waals surface area contributed by atoms with E-state index in [1.807, 2.05) is 38.1 Å². The first-order valence-corrected chi connectivity index (χ1v) is 6.91. The lowest BCUT2D eigenvalue weighted by molar-refractivity contribution is -0.128. The van der Waals surface area contributed by atoms with Crippen molar-refractivity contribution in [1.82, 2.24) is 10.6 Å². The predicted molar refractivity (Wildman–Crippen MR) is 82.5 cm³/mol. The van der Waals surface area contributed by atoms with Crippen LogP contribution in [0.4, 0.5) is 0 Å². The largest absolute Gasteiger partial charge is 0.480 e. The highest BCUT2D eigenvalue weighted by Crippen LogP contribution is 2.18. The second-order valence-electron chi connectivity index (χ2n) is 5.05. The Bertz CT molecular complexity index is 436. The standard InChI is InChI=1S/C15H22N2O2.ClH/c1-3-13(15(18)17-10-12-8-16-9-12)19-14-7-5-4-6-11(14)2;/h4-7,12-13,16H,3,8-10H2,1-2H3,(H,17,18);1H. The molecule has 0 radical (unpaired) electrons. The fourth-order valence-corrected chi connectivity index (χ4v) is 2.02. The molecule has 1 aliphatic heterocycles. The van der Waals surface area contributed by atoms with Crippen molar-refractivity contribution in [2.45, 2.75) is 26.4 Å². The van der Waals surface area contributed by atoms with Crippen LogP contribution in [0.5, 0.6) is 5.75 Å². The summed E-state index contributed by atoms with van der Waals surface area (Å²) in [6.45, 7) is 6.68. The molecule has 1 unspecified atom stereocenters. The molecule has 1 aliphatic rings. The number of amides is 1. The van der Waals surface area contributed by atoms with E-state index in [4.69, 9.17) is 4.74 Å². The summed E-state index contributed by atoms with van der Waals surface area (Å²) in [5, 5.41) is 6.16. The summed E-state index contributed by atoms with van der Waals surface area (Å²) in [5.74, 6) is 1.34. The summed E-state index contributed by atoms with van der Waals surface area (Å²) < 4.78 is 5.81. The molecule has 2 rings (SSSR count). The van der Waals surface area contributed by atoms with Crippen molar-refractivity contribution in [3.05, 3.63) is 29.8 Å². The van der Waals surface area contributed by atoms with E-state index >= 15 is 0 Å². The fourth-order valence-electron chi connectivity index (χ4n) is 2.02. The number of aryl methyl sites for hydroxylation is 1. The van der Waals surface area contributed by atoms with Crippen LogP contribution >= 0.6 is 12.4 Å². The van der Waals surface area contributed by atoms with Crippen molar-refractivity contribution >= 4 is 18.3 Å². The SMILES string of the molecule is CCC(Oc1ccccc1C)C(=O)NCC1CNC1.Cl. The number of nitrogens with one attached hydrogen (secondary N) is 2. The van der Waals surface area contributed by atoms with Crippen LogP contribution in [0.3, 0.4) is 0 Å². The smallest absolute Gasteiger partial charge is 0.261 e. The lowest BCUT2D eigenvalue weighted by atomic mass is 10.0. The van der Waals surface area contributed by atoms with Crippen molar-refractivity contribution in [3.63, 3.8) is 0 Å². The van der Waals surface area contributed by atoms with Gasteiger partial charge in [-0.15, -0.1) is 12.4 Å². The van der Waals surface area contributed by atoms with Gasteiger partial charge >= 0.3 is 0 Å². The number of rotatable bonds is 6. The lowest BCUT2D eigenvalue weighted by Gasteiger charge is -2.28. The average molecular weight is 299 g/mol. The van der Waals surface area contributed by atoms with Gasteiger partial charge < -0.3 is 15.4 Å². The zero-order valence-corrected chi connectivity index (χ0v) is 12.8. The number of benzene rings is 1. The highest BCUT2D eigenvalue weighted by molar-refractivity contribution is 5.85. The summed E-state index contributed by atoms with van der Waals surface area (Å²) in [7, 11) is 0. The molecule has 4 nitrogen and oxygen atoms in total. The van der Waals surface area contributed by atoms with Gasteiger partial charge in [0.25, 0.3) is 5.91 Å². The van der Waals surface area contributed by atoms with Crippen molar-refractivity contribution in [2.75, 3.05) is 19.6 Å². The third-order valence-corrected chi connectivity index (χ3v) is 3.46. The Morgan fingerprint density at radius 3 is 2.70 bits per heavy atom. The zero-order chi connectivity index (χ0) is 13.7. The van der Waals surface area contributed by atoms with Crippen LogP contribution in [-0.2, 0) is 4.79 Å². The molecule has 1 fully saturated rings. The van der Waals surface area contributed by atoms with Gasteiger partial charge in [0.1, 0.15) is 5.75 Å². The molecular weight excluding hydrogens is 276 g/mol. The molecule has 1 aromatic carbocycles. The van der Waals surface area contributed by atoms with Gasteiger partial charge in [0.05, 0.1) is 0 Å². The fraction of sp³-hybridized carbons (Fsp3) is 0.533. The molecule has 1 atom stereocenters. The first-order chi connectivity index (χ1) is 9.20. The Kier molecular flexibility index (Phi) is 6.82. The van der Waals surface area contributed by atoms with E-state index in [1.165, 1.54) is 0 Å². The van der Waals surface area contributed by atoms with Gasteiger partial charge in [-0.2, -0.15) is 0 Å². The summed E-state index contributed by atoms with van der Waals surface area (Å²) in [4.78, 5) is 12.1. The molecule has 0 saturated carbocycles. The quantitative estimate of drug-likeness (QED) is 0.843. The topological polar surface area (TPSA) is 50.4 Å². The molecule has 1 amide bonds. The average Bonchev–Trinajstić information content (AvgIpc) is 2.35. The van der Waals surface area contributed by atoms with Crippen LogP contribution in [0.25, 0.3) is 0 Å². The van der Waals surface area contributed by atoms with Gasteiger partial charge in [0, 0.05) is 25.6 Å². The Morgan fingerprint density at radius 1 is 1.45 bits per heavy atom. The third-order valence-electron chi connectivity index (χ3n) is 3.46. The summed E-state index contributed by atoms with van der Waals surface area (Å²) >= 11 is 0. The van der Waals surface area contributed by atoms with Crippen LogP contribution in [0.1, 0.15) is 18.9 Å². The molecule has 1 aromatic rings. The van der Waals surface area contributed by atoms with Gasteiger partial charge in [-0.05, 0) is 25.0 Å². The molecule has 5 heteroatoms. The van der Waals surface area contributed by atoms with Crippen LogP contribution < -0.4 is 15.4 Å². The third kappa shape index (κ3) is 4.39. The first kappa shape index (κ1) is 16.8. The van der Waals surface area contributed by atoms with Crippen molar-refractivity contribution in [2.24, 2.45) is 5.92 Å². The molecule has 1 saturated heterocycles. The normalized spacial score (nSPS) is 15.7. The predicted octanol–water partition coefficient (Wildman–Crippen LogP) is 1.91. The van der Waals surface area contributed by atoms with E-state index in [9.17, 15) is 4.79 Å². The molecule has 20 heavy (non-hydrogen) atoms. The highest BCUT2D eigenvalue weighted by atomic mass is 35.5. The minimum absolute atomic E-state index is 0. The number of para-hydroxylation sites is 1. The van der Waals surface area contributed by atoms with Crippen molar-refractivity contribution < 1.29 is 9.53 Å². The lowest BCUT2D eigenvalue weighted by Crippen LogP contribution is -2.50. The highest BCUT2D eigenvalue weighted by Gasteiger charge is 2.22. The van der Waals surface area contributed by atoms with E-state index in [1.54, 1.807) is 0 Å². The van der Waals surface area contributed by atoms with Crippen molar-refractivity contribution in [1.29, 1.82) is 0 Å². The summed E-state index contributed by atoms with van der Waals surface area (Å²) in [6.07, 6.45) is 0.262. The molecule has 0 aromatic heterocycles. The van der Waals surface area contributed by atoms with Crippen LogP contribution in [0.2, 0.25) is 0 Å². The summed E-state index contributed by atoms with van der Waals surface area (Å²) in [5.41, 5.74) is 1.05. The minimum Gasteiger partial charge on any atom is -0.480 e. The Morgan fingerprint density at radius 2 is 2.15 bits per heavy atom. The van der Waals surface area contributed by atoms with Gasteiger partial charge in [0.15, 0.2) is 6.10 Å². The van der Waals surface area contributed by atoms with E-state index in [2.05, 4.69) is 10.6 Å². The maximum absolute atomic E-state index is 12.1. The van der Waals surface area contributed by atoms with Crippen molar-refractivity contribution in [3.8, 4) is 5.75 Å². The molecular formula is C15H23ClN2O2. The van der Waals surface area contributed by atoms with E-state index in [0.717, 1.165) is 30.9 Å². The van der Waals surface area contributed by atoms with E-state index in [0.29, 0.717) is 12.3 Å². The Labute approximate surface area is 126 Å². The van der Waals surface area contributed by atoms with Gasteiger partial charge in [-0.25, -0.2) is 0 Å². The monoisotopic (exact) mass is 298 g/mol. The molecule has 1 heterocycles. The minimum atomic E-state index is -0.408. The number of hydrogen-bond acceptors (Lipinski definition) is 3. The second-order valence-corrected chi connectivity index (χ2v) is 5.05. The van der Waals surface area contributed by atoms with Crippen LogP contribution in [-0.4, -0.2) is 31.6 Å². The second kappa shape index (κ2) is 8.12. The van der Waals surface area contributed by atoms with Gasteiger partial charge in [-0.3, -0.25) is 4.79 Å². The number of hydrogen-bond donors (Lipinski definition) is 2. The first-order valence-electron chi connectivity index (χ1n) is 6.91.